The molecule has 0 saturated carbocycles. The van der Waals surface area contributed by atoms with Crippen LogP contribution in [0.15, 0.2) is 54.2 Å². The predicted molar refractivity (Wildman–Crippen MR) is 114 cm³/mol. The molecule has 2 rings (SSSR count). The van der Waals surface area contributed by atoms with Gasteiger partial charge in [-0.15, -0.1) is 0 Å². The fraction of sp³-hybridized carbons (Fsp3) is 0.304. The number of ether oxygens (including phenoxy) is 1. The van der Waals surface area contributed by atoms with E-state index in [0.717, 1.165) is 12.1 Å². The van der Waals surface area contributed by atoms with E-state index in [9.17, 15) is 22.8 Å². The Morgan fingerprint density at radius 2 is 1.69 bits per heavy atom. The maximum absolute atomic E-state index is 12.8. The molecule has 2 aromatic carbocycles. The first-order valence-corrected chi connectivity index (χ1v) is 9.92. The van der Waals surface area contributed by atoms with Gasteiger partial charge in [-0.2, -0.15) is 13.2 Å². The van der Waals surface area contributed by atoms with Crippen molar-refractivity contribution in [2.24, 2.45) is 5.92 Å². The Labute approximate surface area is 184 Å². The first-order valence-electron chi connectivity index (χ1n) is 9.92. The van der Waals surface area contributed by atoms with Crippen molar-refractivity contribution >= 4 is 17.9 Å². The number of amides is 2. The lowest BCUT2D eigenvalue weighted by molar-refractivity contribution is -0.137. The molecule has 0 spiro atoms. The van der Waals surface area contributed by atoms with Crippen LogP contribution in [-0.2, 0) is 11.0 Å². The SMILES string of the molecule is CC(C)COc1ccc(C(=O)N/C(=C\c2ccc(C(F)(F)F)cc2)C(=O)NCCO)cc1. The first-order chi connectivity index (χ1) is 15.1. The highest BCUT2D eigenvalue weighted by molar-refractivity contribution is 6.05. The predicted octanol–water partition coefficient (Wildman–Crippen LogP) is 3.62. The first kappa shape index (κ1) is 24.9. The molecule has 172 valence electrons. The van der Waals surface area contributed by atoms with E-state index in [1.165, 1.54) is 30.3 Å². The quantitative estimate of drug-likeness (QED) is 0.510. The molecule has 0 saturated heterocycles. The van der Waals surface area contributed by atoms with E-state index in [2.05, 4.69) is 10.6 Å². The Bertz CT molecular complexity index is 937. The van der Waals surface area contributed by atoms with Crippen molar-refractivity contribution in [3.63, 3.8) is 0 Å². The summed E-state index contributed by atoms with van der Waals surface area (Å²) in [6.45, 7) is 4.17. The van der Waals surface area contributed by atoms with Gasteiger partial charge >= 0.3 is 6.18 Å². The highest BCUT2D eigenvalue weighted by Gasteiger charge is 2.29. The molecule has 0 radical (unpaired) electrons. The van der Waals surface area contributed by atoms with Gasteiger partial charge in [0.2, 0.25) is 0 Å². The number of carbonyl (C=O) groups is 2. The molecule has 0 aliphatic heterocycles. The summed E-state index contributed by atoms with van der Waals surface area (Å²) in [5, 5.41) is 13.8. The molecule has 6 nitrogen and oxygen atoms in total. The number of hydrogen-bond acceptors (Lipinski definition) is 4. The maximum Gasteiger partial charge on any atom is 0.416 e. The third-order valence-electron chi connectivity index (χ3n) is 4.14. The fourth-order valence-electron chi connectivity index (χ4n) is 2.52. The topological polar surface area (TPSA) is 87.7 Å². The molecule has 0 bridgehead atoms. The van der Waals surface area contributed by atoms with Gasteiger partial charge in [-0.25, -0.2) is 0 Å². The number of benzene rings is 2. The van der Waals surface area contributed by atoms with Crippen LogP contribution in [-0.4, -0.2) is 36.7 Å². The van der Waals surface area contributed by atoms with Crippen molar-refractivity contribution < 1.29 is 32.6 Å². The summed E-state index contributed by atoms with van der Waals surface area (Å²) < 4.78 is 43.8. The average molecular weight is 450 g/mol. The Kier molecular flexibility index (Phi) is 8.83. The Morgan fingerprint density at radius 3 is 2.22 bits per heavy atom. The van der Waals surface area contributed by atoms with Crippen molar-refractivity contribution in [3.8, 4) is 5.75 Å². The molecule has 9 heteroatoms. The van der Waals surface area contributed by atoms with Gasteiger partial charge in [-0.3, -0.25) is 9.59 Å². The minimum absolute atomic E-state index is 0.0546. The van der Waals surface area contributed by atoms with Crippen molar-refractivity contribution in [2.75, 3.05) is 19.8 Å². The van der Waals surface area contributed by atoms with Crippen LogP contribution in [0, 0.1) is 5.92 Å². The fourth-order valence-corrected chi connectivity index (χ4v) is 2.52. The van der Waals surface area contributed by atoms with E-state index >= 15 is 0 Å². The minimum Gasteiger partial charge on any atom is -0.493 e. The summed E-state index contributed by atoms with van der Waals surface area (Å²) in [4.78, 5) is 25.0. The summed E-state index contributed by atoms with van der Waals surface area (Å²) >= 11 is 0. The van der Waals surface area contributed by atoms with Crippen molar-refractivity contribution in [1.29, 1.82) is 0 Å². The Morgan fingerprint density at radius 1 is 1.06 bits per heavy atom. The van der Waals surface area contributed by atoms with Gasteiger partial charge in [0.25, 0.3) is 11.8 Å². The molecule has 0 atom stereocenters. The van der Waals surface area contributed by atoms with Gasteiger partial charge < -0.3 is 20.5 Å². The number of alkyl halides is 3. The van der Waals surface area contributed by atoms with Crippen LogP contribution < -0.4 is 15.4 Å². The summed E-state index contributed by atoms with van der Waals surface area (Å²) in [7, 11) is 0. The normalized spacial score (nSPS) is 11.9. The van der Waals surface area contributed by atoms with E-state index in [1.807, 2.05) is 13.8 Å². The van der Waals surface area contributed by atoms with E-state index < -0.39 is 23.6 Å². The van der Waals surface area contributed by atoms with Crippen LogP contribution in [0.5, 0.6) is 5.75 Å². The molecule has 2 amide bonds. The summed E-state index contributed by atoms with van der Waals surface area (Å²) in [6, 6.07) is 10.5. The minimum atomic E-state index is -4.48. The molecule has 32 heavy (non-hydrogen) atoms. The summed E-state index contributed by atoms with van der Waals surface area (Å²) in [5.41, 5.74) is -0.465. The largest absolute Gasteiger partial charge is 0.493 e. The molecule has 0 aliphatic carbocycles. The monoisotopic (exact) mass is 450 g/mol. The maximum atomic E-state index is 12.8. The van der Waals surface area contributed by atoms with Crippen LogP contribution in [0.25, 0.3) is 6.08 Å². The molecule has 0 unspecified atom stereocenters. The molecule has 0 heterocycles. The second kappa shape index (κ2) is 11.3. The number of rotatable bonds is 9. The standard InChI is InChI=1S/C23H25F3N2O4/c1-15(2)14-32-19-9-5-17(6-10-19)21(30)28-20(22(31)27-11-12-29)13-16-3-7-18(8-4-16)23(24,25)26/h3-10,13,15,29H,11-12,14H2,1-2H3,(H,27,31)(H,28,30)/b20-13-. The van der Waals surface area contributed by atoms with E-state index in [0.29, 0.717) is 18.3 Å². The zero-order valence-electron chi connectivity index (χ0n) is 17.7. The lowest BCUT2D eigenvalue weighted by Gasteiger charge is -2.12. The van der Waals surface area contributed by atoms with Crippen LogP contribution in [0.1, 0.15) is 35.3 Å². The highest BCUT2D eigenvalue weighted by atomic mass is 19.4. The molecule has 3 N–H and O–H groups in total. The second-order valence-electron chi connectivity index (χ2n) is 7.34. The molecule has 0 aliphatic rings. The number of nitrogens with one attached hydrogen (secondary N) is 2. The van der Waals surface area contributed by atoms with Gasteiger partial charge in [-0.1, -0.05) is 26.0 Å². The van der Waals surface area contributed by atoms with Crippen LogP contribution in [0.4, 0.5) is 13.2 Å². The molecule has 0 aromatic heterocycles. The molecule has 2 aromatic rings. The van der Waals surface area contributed by atoms with Crippen LogP contribution >= 0.6 is 0 Å². The molecule has 0 fully saturated rings. The van der Waals surface area contributed by atoms with Gasteiger partial charge in [-0.05, 0) is 54.0 Å². The zero-order chi connectivity index (χ0) is 23.7. The van der Waals surface area contributed by atoms with E-state index in [1.54, 1.807) is 12.1 Å². The van der Waals surface area contributed by atoms with E-state index in [-0.39, 0.29) is 30.0 Å². The van der Waals surface area contributed by atoms with Crippen LogP contribution in [0.2, 0.25) is 0 Å². The summed E-state index contributed by atoms with van der Waals surface area (Å²) in [5.74, 6) is -0.341. The molecular weight excluding hydrogens is 425 g/mol. The second-order valence-corrected chi connectivity index (χ2v) is 7.34. The van der Waals surface area contributed by atoms with Crippen LogP contribution in [0.3, 0.4) is 0 Å². The number of halogens is 3. The average Bonchev–Trinajstić information content (AvgIpc) is 2.75. The van der Waals surface area contributed by atoms with Gasteiger partial charge in [0.1, 0.15) is 11.4 Å². The Balaban J connectivity index is 2.20. The zero-order valence-corrected chi connectivity index (χ0v) is 17.7. The van der Waals surface area contributed by atoms with Crippen molar-refractivity contribution in [3.05, 3.63) is 70.9 Å². The van der Waals surface area contributed by atoms with Gasteiger partial charge in [0, 0.05) is 12.1 Å². The number of carbonyl (C=O) groups excluding carboxylic acids is 2. The highest BCUT2D eigenvalue weighted by Crippen LogP contribution is 2.29. The lowest BCUT2D eigenvalue weighted by atomic mass is 10.1. The van der Waals surface area contributed by atoms with Gasteiger partial charge in [0.15, 0.2) is 0 Å². The smallest absolute Gasteiger partial charge is 0.416 e. The Hall–Kier alpha value is -3.33. The third-order valence-corrected chi connectivity index (χ3v) is 4.14. The number of aliphatic hydroxyl groups is 1. The van der Waals surface area contributed by atoms with E-state index in [4.69, 9.17) is 9.84 Å². The lowest BCUT2D eigenvalue weighted by Crippen LogP contribution is -2.36. The number of aliphatic hydroxyl groups excluding tert-OH is 1. The van der Waals surface area contributed by atoms with Crippen molar-refractivity contribution in [1.82, 2.24) is 10.6 Å². The van der Waals surface area contributed by atoms with Crippen molar-refractivity contribution in [2.45, 2.75) is 20.0 Å². The third kappa shape index (κ3) is 7.73. The van der Waals surface area contributed by atoms with Gasteiger partial charge in [0.05, 0.1) is 18.8 Å². The number of hydrogen-bond donors (Lipinski definition) is 3. The molecular formula is C23H25F3N2O4. The summed E-state index contributed by atoms with van der Waals surface area (Å²) in [6.07, 6.45) is -3.23.